The third-order valence-corrected chi connectivity index (χ3v) is 4.64. The zero-order valence-electron chi connectivity index (χ0n) is 15.2. The minimum atomic E-state index is -4.40. The minimum Gasteiger partial charge on any atom is -0.336 e. The summed E-state index contributed by atoms with van der Waals surface area (Å²) in [5, 5.41) is 3.73. The Morgan fingerprint density at radius 3 is 2.37 bits per heavy atom. The van der Waals surface area contributed by atoms with Gasteiger partial charge in [-0.05, 0) is 49.2 Å². The fourth-order valence-corrected chi connectivity index (χ4v) is 3.25. The van der Waals surface area contributed by atoms with Gasteiger partial charge in [0.2, 0.25) is 0 Å². The lowest BCUT2D eigenvalue weighted by Crippen LogP contribution is -2.18. The van der Waals surface area contributed by atoms with Gasteiger partial charge in [0.1, 0.15) is 5.69 Å². The molecule has 1 heterocycles. The van der Waals surface area contributed by atoms with Crippen molar-refractivity contribution in [2.24, 2.45) is 0 Å². The highest BCUT2D eigenvalue weighted by atomic mass is 19.4. The van der Waals surface area contributed by atoms with E-state index in [9.17, 15) is 18.0 Å². The summed E-state index contributed by atoms with van der Waals surface area (Å²) in [5.41, 5.74) is 1.99. The number of aryl methyl sites for hydroxylation is 2. The van der Waals surface area contributed by atoms with Crippen molar-refractivity contribution in [3.63, 3.8) is 0 Å². The van der Waals surface area contributed by atoms with Crippen molar-refractivity contribution < 1.29 is 18.0 Å². The number of amides is 1. The van der Waals surface area contributed by atoms with Crippen LogP contribution in [0.15, 0.2) is 48.5 Å². The molecule has 0 saturated carbocycles. The number of anilines is 1. The molecule has 0 bridgehead atoms. The van der Waals surface area contributed by atoms with E-state index in [2.05, 4.69) is 12.2 Å². The summed E-state index contributed by atoms with van der Waals surface area (Å²) in [6.45, 7) is 4.69. The van der Waals surface area contributed by atoms with Crippen molar-refractivity contribution in [2.45, 2.75) is 39.4 Å². The van der Waals surface area contributed by atoms with Gasteiger partial charge < -0.3 is 9.88 Å². The van der Waals surface area contributed by atoms with Crippen LogP contribution in [0.25, 0.3) is 10.9 Å². The molecule has 0 aliphatic heterocycles. The van der Waals surface area contributed by atoms with E-state index in [1.807, 2.05) is 35.8 Å². The van der Waals surface area contributed by atoms with Gasteiger partial charge in [-0.25, -0.2) is 0 Å². The smallest absolute Gasteiger partial charge is 0.336 e. The Kier molecular flexibility index (Phi) is 5.26. The van der Waals surface area contributed by atoms with E-state index in [4.69, 9.17) is 0 Å². The quantitative estimate of drug-likeness (QED) is 0.582. The van der Waals surface area contributed by atoms with Crippen molar-refractivity contribution in [2.75, 3.05) is 5.32 Å². The molecule has 27 heavy (non-hydrogen) atoms. The van der Waals surface area contributed by atoms with Crippen LogP contribution in [0.5, 0.6) is 0 Å². The molecule has 6 heteroatoms. The number of halogens is 3. The number of alkyl halides is 3. The van der Waals surface area contributed by atoms with Gasteiger partial charge in [-0.1, -0.05) is 31.5 Å². The summed E-state index contributed by atoms with van der Waals surface area (Å²) in [5.74, 6) is -0.320. The first-order chi connectivity index (χ1) is 12.8. The summed E-state index contributed by atoms with van der Waals surface area (Å²) in [4.78, 5) is 12.9. The van der Waals surface area contributed by atoms with Crippen LogP contribution in [-0.4, -0.2) is 10.5 Å². The molecule has 0 fully saturated rings. The molecule has 0 saturated heterocycles. The van der Waals surface area contributed by atoms with Gasteiger partial charge in [-0.15, -0.1) is 0 Å². The summed E-state index contributed by atoms with van der Waals surface area (Å²) in [7, 11) is 0. The third-order valence-electron chi connectivity index (χ3n) is 4.64. The van der Waals surface area contributed by atoms with Crippen molar-refractivity contribution in [1.82, 2.24) is 4.57 Å². The zero-order chi connectivity index (χ0) is 19.6. The van der Waals surface area contributed by atoms with E-state index < -0.39 is 11.7 Å². The topological polar surface area (TPSA) is 34.0 Å². The maximum absolute atomic E-state index is 12.9. The molecule has 0 unspecified atom stereocenters. The van der Waals surface area contributed by atoms with Crippen LogP contribution in [0.1, 0.15) is 41.4 Å². The first kappa shape index (κ1) is 19.0. The van der Waals surface area contributed by atoms with E-state index in [-0.39, 0.29) is 5.91 Å². The molecule has 2 aromatic carbocycles. The monoisotopic (exact) mass is 374 g/mol. The molecule has 1 aromatic heterocycles. The second-order valence-electron chi connectivity index (χ2n) is 6.53. The fraction of sp³-hybridized carbons (Fsp3) is 0.286. The van der Waals surface area contributed by atoms with E-state index in [1.165, 1.54) is 12.1 Å². The molecule has 3 nitrogen and oxygen atoms in total. The Hall–Kier alpha value is -2.76. The molecule has 1 N–H and O–H groups in total. The maximum atomic E-state index is 12.9. The van der Waals surface area contributed by atoms with Crippen LogP contribution in [0.4, 0.5) is 18.9 Å². The van der Waals surface area contributed by atoms with Crippen molar-refractivity contribution in [1.29, 1.82) is 0 Å². The maximum Gasteiger partial charge on any atom is 0.416 e. The Labute approximate surface area is 155 Å². The van der Waals surface area contributed by atoms with Gasteiger partial charge in [0, 0.05) is 23.1 Å². The van der Waals surface area contributed by atoms with Crippen LogP contribution in [0, 0.1) is 6.92 Å². The fourth-order valence-electron chi connectivity index (χ4n) is 3.25. The molecule has 142 valence electrons. The molecule has 0 aliphatic rings. The predicted molar refractivity (Wildman–Crippen MR) is 101 cm³/mol. The highest BCUT2D eigenvalue weighted by Crippen LogP contribution is 2.30. The van der Waals surface area contributed by atoms with Crippen molar-refractivity contribution in [3.05, 3.63) is 65.4 Å². The number of aromatic nitrogens is 1. The van der Waals surface area contributed by atoms with Crippen LogP contribution < -0.4 is 5.32 Å². The van der Waals surface area contributed by atoms with Crippen LogP contribution in [0.3, 0.4) is 0 Å². The average molecular weight is 374 g/mol. The van der Waals surface area contributed by atoms with E-state index in [0.29, 0.717) is 17.9 Å². The molecule has 1 amide bonds. The molecule has 0 aliphatic carbocycles. The molecule has 0 radical (unpaired) electrons. The first-order valence-corrected chi connectivity index (χ1v) is 8.89. The van der Waals surface area contributed by atoms with Crippen molar-refractivity contribution >= 4 is 22.5 Å². The number of para-hydroxylation sites is 1. The normalized spacial score (nSPS) is 11.7. The molecule has 0 spiro atoms. The largest absolute Gasteiger partial charge is 0.416 e. The van der Waals surface area contributed by atoms with Gasteiger partial charge in [0.25, 0.3) is 5.91 Å². The number of hydrogen-bond donors (Lipinski definition) is 1. The predicted octanol–water partition coefficient (Wildman–Crippen LogP) is 6.02. The number of carbonyl (C=O) groups excluding carboxylic acids is 1. The number of fused-ring (bicyclic) bond motifs is 1. The Bertz CT molecular complexity index is 956. The lowest BCUT2D eigenvalue weighted by molar-refractivity contribution is -0.137. The van der Waals surface area contributed by atoms with E-state index >= 15 is 0 Å². The summed E-state index contributed by atoms with van der Waals surface area (Å²) < 4.78 is 40.1. The second-order valence-corrected chi connectivity index (χ2v) is 6.53. The number of nitrogens with one attached hydrogen (secondary N) is 1. The second kappa shape index (κ2) is 7.47. The van der Waals surface area contributed by atoms with Gasteiger partial charge in [-0.2, -0.15) is 13.2 Å². The third kappa shape index (κ3) is 3.84. The summed E-state index contributed by atoms with van der Waals surface area (Å²) >= 11 is 0. The number of benzene rings is 2. The summed E-state index contributed by atoms with van der Waals surface area (Å²) in [6, 6.07) is 12.3. The Balaban J connectivity index is 1.94. The Morgan fingerprint density at radius 1 is 1.07 bits per heavy atom. The van der Waals surface area contributed by atoms with Gasteiger partial charge in [0.05, 0.1) is 5.56 Å². The highest BCUT2D eigenvalue weighted by molar-refractivity contribution is 6.08. The number of unbranched alkanes of at least 4 members (excludes halogenated alkanes) is 1. The molecule has 0 atom stereocenters. The number of hydrogen-bond acceptors (Lipinski definition) is 1. The van der Waals surface area contributed by atoms with E-state index in [1.54, 1.807) is 0 Å². The zero-order valence-corrected chi connectivity index (χ0v) is 15.2. The first-order valence-electron chi connectivity index (χ1n) is 8.89. The number of nitrogens with zero attached hydrogens (tertiary/aromatic N) is 1. The molecule has 3 aromatic rings. The van der Waals surface area contributed by atoms with Gasteiger partial charge >= 0.3 is 6.18 Å². The molecular formula is C21H21F3N2O. The highest BCUT2D eigenvalue weighted by Gasteiger charge is 2.30. The minimum absolute atomic E-state index is 0.320. The molecular weight excluding hydrogens is 353 g/mol. The standard InChI is InChI=1S/C21H21F3N2O/c1-3-4-13-26-18-8-6-5-7-17(18)14(2)19(26)20(27)25-16-11-9-15(10-12-16)21(22,23)24/h5-12H,3-4,13H2,1-2H3,(H,25,27). The lowest BCUT2D eigenvalue weighted by atomic mass is 10.1. The number of carbonyl (C=O) groups is 1. The average Bonchev–Trinajstić information content (AvgIpc) is 2.92. The van der Waals surface area contributed by atoms with Gasteiger partial charge in [-0.3, -0.25) is 4.79 Å². The SMILES string of the molecule is CCCCn1c(C(=O)Nc2ccc(C(F)(F)F)cc2)c(C)c2ccccc21. The van der Waals surface area contributed by atoms with Crippen LogP contribution >= 0.6 is 0 Å². The van der Waals surface area contributed by atoms with Crippen molar-refractivity contribution in [3.8, 4) is 0 Å². The Morgan fingerprint density at radius 2 is 1.74 bits per heavy atom. The van der Waals surface area contributed by atoms with Crippen LogP contribution in [0.2, 0.25) is 0 Å². The molecule has 3 rings (SSSR count). The number of rotatable bonds is 5. The van der Waals surface area contributed by atoms with Gasteiger partial charge in [0.15, 0.2) is 0 Å². The van der Waals surface area contributed by atoms with Crippen LogP contribution in [-0.2, 0) is 12.7 Å². The summed E-state index contributed by atoms with van der Waals surface area (Å²) in [6.07, 6.45) is -2.48. The van der Waals surface area contributed by atoms with E-state index in [0.717, 1.165) is 41.4 Å². The lowest BCUT2D eigenvalue weighted by Gasteiger charge is -2.12.